The van der Waals surface area contributed by atoms with E-state index in [1.54, 1.807) is 11.8 Å². The van der Waals surface area contributed by atoms with Crippen LogP contribution in [0.4, 0.5) is 0 Å². The summed E-state index contributed by atoms with van der Waals surface area (Å²) in [5, 5.41) is 0. The summed E-state index contributed by atoms with van der Waals surface area (Å²) >= 11 is 1.70. The lowest BCUT2D eigenvalue weighted by molar-refractivity contribution is -0.135. The van der Waals surface area contributed by atoms with Crippen molar-refractivity contribution in [3.8, 4) is 0 Å². The van der Waals surface area contributed by atoms with Gasteiger partial charge in [-0.05, 0) is 12.2 Å². The van der Waals surface area contributed by atoms with Gasteiger partial charge in [-0.1, -0.05) is 6.92 Å². The van der Waals surface area contributed by atoms with Crippen LogP contribution in [0.2, 0.25) is 0 Å². The summed E-state index contributed by atoms with van der Waals surface area (Å²) in [6.45, 7) is 4.60. The van der Waals surface area contributed by atoms with Crippen molar-refractivity contribution in [3.63, 3.8) is 0 Å². The second kappa shape index (κ2) is 7.09. The molecule has 0 saturated carbocycles. The zero-order valence-corrected chi connectivity index (χ0v) is 10.1. The second-order valence-corrected chi connectivity index (χ2v) is 4.73. The number of hydrogen-bond acceptors (Lipinski definition) is 4. The van der Waals surface area contributed by atoms with Gasteiger partial charge in [-0.15, -0.1) is 0 Å². The molecule has 4 nitrogen and oxygen atoms in total. The summed E-state index contributed by atoms with van der Waals surface area (Å²) < 4.78 is 5.41. The molecule has 1 aliphatic heterocycles. The number of amides is 1. The van der Waals surface area contributed by atoms with Crippen LogP contribution in [0.25, 0.3) is 0 Å². The van der Waals surface area contributed by atoms with Gasteiger partial charge in [0.1, 0.15) is 0 Å². The molecular weight excluding hydrogens is 212 g/mol. The standard InChI is InChI=1S/C10H20N2O2S/c1-2-5-15-8-10(13)12-3-4-14-9(6-11)7-12/h9H,2-8,11H2,1H3. The molecule has 1 rings (SSSR count). The zero-order chi connectivity index (χ0) is 11.1. The Morgan fingerprint density at radius 1 is 1.67 bits per heavy atom. The first-order valence-corrected chi connectivity index (χ1v) is 6.60. The third-order valence-corrected chi connectivity index (χ3v) is 3.48. The minimum Gasteiger partial charge on any atom is -0.373 e. The number of nitrogens with two attached hydrogens (primary N) is 1. The van der Waals surface area contributed by atoms with E-state index in [9.17, 15) is 4.79 Å². The summed E-state index contributed by atoms with van der Waals surface area (Å²) in [6.07, 6.45) is 1.14. The summed E-state index contributed by atoms with van der Waals surface area (Å²) in [4.78, 5) is 13.6. The van der Waals surface area contributed by atoms with Crippen LogP contribution < -0.4 is 5.73 Å². The second-order valence-electron chi connectivity index (χ2n) is 3.62. The van der Waals surface area contributed by atoms with E-state index in [4.69, 9.17) is 10.5 Å². The maximum absolute atomic E-state index is 11.7. The molecule has 5 heteroatoms. The Kier molecular flexibility index (Phi) is 6.05. The van der Waals surface area contributed by atoms with E-state index in [2.05, 4.69) is 6.92 Å². The van der Waals surface area contributed by atoms with E-state index in [0.717, 1.165) is 12.2 Å². The number of carbonyl (C=O) groups is 1. The van der Waals surface area contributed by atoms with Crippen molar-refractivity contribution < 1.29 is 9.53 Å². The molecule has 15 heavy (non-hydrogen) atoms. The van der Waals surface area contributed by atoms with E-state index in [1.807, 2.05) is 4.90 Å². The summed E-state index contributed by atoms with van der Waals surface area (Å²) in [5.41, 5.74) is 5.52. The van der Waals surface area contributed by atoms with Gasteiger partial charge in [-0.25, -0.2) is 0 Å². The highest BCUT2D eigenvalue weighted by atomic mass is 32.2. The fourth-order valence-corrected chi connectivity index (χ4v) is 2.27. The third kappa shape index (κ3) is 4.40. The zero-order valence-electron chi connectivity index (χ0n) is 9.28. The van der Waals surface area contributed by atoms with Gasteiger partial charge < -0.3 is 15.4 Å². The van der Waals surface area contributed by atoms with E-state index in [0.29, 0.717) is 32.0 Å². The number of rotatable bonds is 5. The number of ether oxygens (including phenoxy) is 1. The van der Waals surface area contributed by atoms with Gasteiger partial charge in [-0.3, -0.25) is 4.79 Å². The van der Waals surface area contributed by atoms with Gasteiger partial charge in [0.05, 0.1) is 18.5 Å². The predicted octanol–water partition coefficient (Wildman–Crippen LogP) is 0.316. The van der Waals surface area contributed by atoms with Crippen LogP contribution in [0.5, 0.6) is 0 Å². The van der Waals surface area contributed by atoms with E-state index in [1.165, 1.54) is 0 Å². The Morgan fingerprint density at radius 3 is 3.13 bits per heavy atom. The van der Waals surface area contributed by atoms with Crippen LogP contribution in [-0.4, -0.2) is 54.7 Å². The Balaban J connectivity index is 2.25. The van der Waals surface area contributed by atoms with Crippen molar-refractivity contribution in [1.29, 1.82) is 0 Å². The Labute approximate surface area is 95.5 Å². The van der Waals surface area contributed by atoms with Crippen LogP contribution in [0.3, 0.4) is 0 Å². The van der Waals surface area contributed by atoms with E-state index < -0.39 is 0 Å². The normalized spacial score (nSPS) is 21.7. The maximum Gasteiger partial charge on any atom is 0.232 e. The number of nitrogens with zero attached hydrogens (tertiary/aromatic N) is 1. The van der Waals surface area contributed by atoms with Gasteiger partial charge in [0.2, 0.25) is 5.91 Å². The first-order valence-electron chi connectivity index (χ1n) is 5.45. The minimum atomic E-state index is 0.0267. The van der Waals surface area contributed by atoms with Gasteiger partial charge in [0.25, 0.3) is 0 Å². The number of morpholine rings is 1. The third-order valence-electron chi connectivity index (χ3n) is 2.33. The lowest BCUT2D eigenvalue weighted by atomic mass is 10.3. The summed E-state index contributed by atoms with van der Waals surface area (Å²) in [5.74, 6) is 1.86. The summed E-state index contributed by atoms with van der Waals surface area (Å²) in [7, 11) is 0. The lowest BCUT2D eigenvalue weighted by Gasteiger charge is -2.32. The Hall–Kier alpha value is -0.260. The van der Waals surface area contributed by atoms with Crippen LogP contribution in [0.1, 0.15) is 13.3 Å². The van der Waals surface area contributed by atoms with E-state index >= 15 is 0 Å². The maximum atomic E-state index is 11.7. The largest absolute Gasteiger partial charge is 0.373 e. The molecule has 0 aromatic heterocycles. The molecule has 88 valence electrons. The number of hydrogen-bond donors (Lipinski definition) is 1. The lowest BCUT2D eigenvalue weighted by Crippen LogP contribution is -2.48. The van der Waals surface area contributed by atoms with Gasteiger partial charge in [0.15, 0.2) is 0 Å². The van der Waals surface area contributed by atoms with Gasteiger partial charge in [-0.2, -0.15) is 11.8 Å². The molecule has 1 aliphatic rings. The molecule has 1 atom stereocenters. The van der Waals surface area contributed by atoms with Crippen molar-refractivity contribution in [1.82, 2.24) is 4.90 Å². The minimum absolute atomic E-state index is 0.0267. The molecule has 0 spiro atoms. The first kappa shape index (κ1) is 12.8. The smallest absolute Gasteiger partial charge is 0.232 e. The van der Waals surface area contributed by atoms with Crippen LogP contribution in [-0.2, 0) is 9.53 Å². The highest BCUT2D eigenvalue weighted by Crippen LogP contribution is 2.08. The molecule has 0 aromatic rings. The van der Waals surface area contributed by atoms with Crippen LogP contribution >= 0.6 is 11.8 Å². The summed E-state index contributed by atoms with van der Waals surface area (Å²) in [6, 6.07) is 0. The van der Waals surface area contributed by atoms with Gasteiger partial charge >= 0.3 is 0 Å². The fraction of sp³-hybridized carbons (Fsp3) is 0.900. The van der Waals surface area contributed by atoms with Crippen molar-refractivity contribution >= 4 is 17.7 Å². The fourth-order valence-electron chi connectivity index (χ4n) is 1.48. The van der Waals surface area contributed by atoms with Gasteiger partial charge in [0, 0.05) is 19.6 Å². The molecule has 0 radical (unpaired) electrons. The number of carbonyl (C=O) groups excluding carboxylic acids is 1. The average Bonchev–Trinajstić information content (AvgIpc) is 2.29. The molecule has 1 unspecified atom stereocenters. The van der Waals surface area contributed by atoms with Crippen LogP contribution in [0, 0.1) is 0 Å². The quantitative estimate of drug-likeness (QED) is 0.693. The monoisotopic (exact) mass is 232 g/mol. The van der Waals surface area contributed by atoms with Crippen molar-refractivity contribution in [2.24, 2.45) is 5.73 Å². The highest BCUT2D eigenvalue weighted by Gasteiger charge is 2.22. The molecule has 0 aliphatic carbocycles. The molecule has 0 bridgehead atoms. The molecule has 1 fully saturated rings. The first-order chi connectivity index (χ1) is 7.27. The molecule has 1 heterocycles. The predicted molar refractivity (Wildman–Crippen MR) is 63.0 cm³/mol. The molecule has 1 saturated heterocycles. The topological polar surface area (TPSA) is 55.6 Å². The average molecular weight is 232 g/mol. The molecule has 2 N–H and O–H groups in total. The van der Waals surface area contributed by atoms with Crippen molar-refractivity contribution in [2.45, 2.75) is 19.4 Å². The van der Waals surface area contributed by atoms with Crippen molar-refractivity contribution in [3.05, 3.63) is 0 Å². The SMILES string of the molecule is CCCSCC(=O)N1CCOC(CN)C1. The Bertz CT molecular complexity index is 202. The highest BCUT2D eigenvalue weighted by molar-refractivity contribution is 7.99. The van der Waals surface area contributed by atoms with Crippen molar-refractivity contribution in [2.75, 3.05) is 37.7 Å². The molecule has 0 aromatic carbocycles. The number of thioether (sulfide) groups is 1. The van der Waals surface area contributed by atoms with E-state index in [-0.39, 0.29) is 12.0 Å². The Morgan fingerprint density at radius 2 is 2.47 bits per heavy atom. The molecular formula is C10H20N2O2S. The van der Waals surface area contributed by atoms with Crippen LogP contribution in [0.15, 0.2) is 0 Å². The molecule has 1 amide bonds.